The average molecular weight is 256 g/mol. The monoisotopic (exact) mass is 256 g/mol. The van der Waals surface area contributed by atoms with Crippen molar-refractivity contribution in [1.29, 1.82) is 0 Å². The van der Waals surface area contributed by atoms with E-state index < -0.39 is 0 Å². The van der Waals surface area contributed by atoms with Gasteiger partial charge in [0.1, 0.15) is 5.75 Å². The summed E-state index contributed by atoms with van der Waals surface area (Å²) in [4.78, 5) is 15.7. The molecule has 0 aliphatic heterocycles. The summed E-state index contributed by atoms with van der Waals surface area (Å²) in [5.41, 5.74) is 1.76. The van der Waals surface area contributed by atoms with Crippen molar-refractivity contribution in [3.05, 3.63) is 59.9 Å². The van der Waals surface area contributed by atoms with Crippen LogP contribution in [0.25, 0.3) is 0 Å². The third-order valence-electron chi connectivity index (χ3n) is 2.83. The number of pyridine rings is 1. The molecular weight excluding hydrogens is 240 g/mol. The van der Waals surface area contributed by atoms with E-state index in [9.17, 15) is 9.90 Å². The lowest BCUT2D eigenvalue weighted by atomic mass is 10.1. The molecular formula is C15H16N2O2. The fourth-order valence-corrected chi connectivity index (χ4v) is 1.75. The fraction of sp³-hybridized carbons (Fsp3) is 0.200. The summed E-state index contributed by atoms with van der Waals surface area (Å²) in [5.74, 6) is 0.169. The van der Waals surface area contributed by atoms with Crippen LogP contribution >= 0.6 is 0 Å². The highest BCUT2D eigenvalue weighted by atomic mass is 16.3. The number of nitrogens with zero attached hydrogens (tertiary/aromatic N) is 1. The first kappa shape index (κ1) is 13.1. The Balaban J connectivity index is 1.78. The minimum Gasteiger partial charge on any atom is -0.508 e. The van der Waals surface area contributed by atoms with Crippen molar-refractivity contribution < 1.29 is 9.90 Å². The highest BCUT2D eigenvalue weighted by molar-refractivity contribution is 5.76. The molecule has 2 aromatic rings. The molecule has 2 N–H and O–H groups in total. The SMILES string of the molecule is O=C(CCc1cccnc1)NCc1ccccc1O. The van der Waals surface area contributed by atoms with Crippen molar-refractivity contribution in [2.75, 3.05) is 0 Å². The first-order valence-corrected chi connectivity index (χ1v) is 6.18. The van der Waals surface area contributed by atoms with E-state index in [1.807, 2.05) is 18.2 Å². The summed E-state index contributed by atoms with van der Waals surface area (Å²) < 4.78 is 0. The van der Waals surface area contributed by atoms with Gasteiger partial charge in [-0.2, -0.15) is 0 Å². The molecule has 0 aliphatic rings. The third-order valence-corrected chi connectivity index (χ3v) is 2.83. The summed E-state index contributed by atoms with van der Waals surface area (Å²) >= 11 is 0. The highest BCUT2D eigenvalue weighted by Gasteiger charge is 2.04. The summed E-state index contributed by atoms with van der Waals surface area (Å²) in [5, 5.41) is 12.4. The van der Waals surface area contributed by atoms with Gasteiger partial charge in [0, 0.05) is 30.9 Å². The van der Waals surface area contributed by atoms with Crippen molar-refractivity contribution in [2.45, 2.75) is 19.4 Å². The number of carbonyl (C=O) groups excluding carboxylic acids is 1. The lowest BCUT2D eigenvalue weighted by molar-refractivity contribution is -0.121. The molecule has 1 aromatic heterocycles. The Morgan fingerprint density at radius 2 is 2.05 bits per heavy atom. The van der Waals surface area contributed by atoms with Crippen LogP contribution in [0.2, 0.25) is 0 Å². The smallest absolute Gasteiger partial charge is 0.220 e. The van der Waals surface area contributed by atoms with Crippen LogP contribution in [-0.4, -0.2) is 16.0 Å². The van der Waals surface area contributed by atoms with Crippen molar-refractivity contribution in [1.82, 2.24) is 10.3 Å². The molecule has 0 saturated carbocycles. The van der Waals surface area contributed by atoms with E-state index in [0.717, 1.165) is 11.1 Å². The molecule has 1 heterocycles. The average Bonchev–Trinajstić information content (AvgIpc) is 2.45. The van der Waals surface area contributed by atoms with Gasteiger partial charge in [-0.1, -0.05) is 24.3 Å². The van der Waals surface area contributed by atoms with Crippen LogP contribution in [0.4, 0.5) is 0 Å². The van der Waals surface area contributed by atoms with E-state index in [-0.39, 0.29) is 11.7 Å². The topological polar surface area (TPSA) is 62.2 Å². The molecule has 0 spiro atoms. The van der Waals surface area contributed by atoms with Gasteiger partial charge in [0.15, 0.2) is 0 Å². The van der Waals surface area contributed by atoms with Gasteiger partial charge in [0.25, 0.3) is 0 Å². The van der Waals surface area contributed by atoms with Crippen molar-refractivity contribution in [3.8, 4) is 5.75 Å². The maximum atomic E-state index is 11.7. The maximum absolute atomic E-state index is 11.7. The number of aromatic hydroxyl groups is 1. The number of para-hydroxylation sites is 1. The molecule has 0 atom stereocenters. The second-order valence-corrected chi connectivity index (χ2v) is 4.27. The van der Waals surface area contributed by atoms with Crippen molar-refractivity contribution in [2.24, 2.45) is 0 Å². The minimum absolute atomic E-state index is 0.0351. The fourth-order valence-electron chi connectivity index (χ4n) is 1.75. The standard InChI is InChI=1S/C15H16N2O2/c18-14-6-2-1-5-13(14)11-17-15(19)8-7-12-4-3-9-16-10-12/h1-6,9-10,18H,7-8,11H2,(H,17,19). The van der Waals surface area contributed by atoms with Gasteiger partial charge in [-0.3, -0.25) is 9.78 Å². The summed E-state index contributed by atoms with van der Waals surface area (Å²) in [6, 6.07) is 10.8. The summed E-state index contributed by atoms with van der Waals surface area (Å²) in [6.07, 6.45) is 4.55. The van der Waals surface area contributed by atoms with E-state index in [0.29, 0.717) is 19.4 Å². The van der Waals surface area contributed by atoms with Crippen LogP contribution in [0.3, 0.4) is 0 Å². The highest BCUT2D eigenvalue weighted by Crippen LogP contribution is 2.14. The second-order valence-electron chi connectivity index (χ2n) is 4.27. The van der Waals surface area contributed by atoms with Crippen LogP contribution in [-0.2, 0) is 17.8 Å². The number of benzene rings is 1. The Morgan fingerprint density at radius 1 is 1.21 bits per heavy atom. The van der Waals surface area contributed by atoms with Gasteiger partial charge >= 0.3 is 0 Å². The Labute approximate surface area is 112 Å². The van der Waals surface area contributed by atoms with Crippen LogP contribution in [0.5, 0.6) is 5.75 Å². The molecule has 1 aromatic carbocycles. The zero-order valence-electron chi connectivity index (χ0n) is 10.5. The predicted octanol–water partition coefficient (Wildman–Crippen LogP) is 2.04. The van der Waals surface area contributed by atoms with Gasteiger partial charge < -0.3 is 10.4 Å². The van der Waals surface area contributed by atoms with Crippen molar-refractivity contribution in [3.63, 3.8) is 0 Å². The van der Waals surface area contributed by atoms with Gasteiger partial charge in [-0.25, -0.2) is 0 Å². The molecule has 98 valence electrons. The zero-order chi connectivity index (χ0) is 13.5. The predicted molar refractivity (Wildman–Crippen MR) is 72.5 cm³/mol. The van der Waals surface area contributed by atoms with Gasteiger partial charge in [-0.15, -0.1) is 0 Å². The Kier molecular flexibility index (Phi) is 4.50. The molecule has 4 heteroatoms. The van der Waals surface area contributed by atoms with Crippen LogP contribution in [0, 0.1) is 0 Å². The molecule has 0 radical (unpaired) electrons. The summed E-state index contributed by atoms with van der Waals surface area (Å²) in [7, 11) is 0. The molecule has 1 amide bonds. The Morgan fingerprint density at radius 3 is 2.79 bits per heavy atom. The van der Waals surface area contributed by atoms with Gasteiger partial charge in [0.05, 0.1) is 0 Å². The number of hydrogen-bond acceptors (Lipinski definition) is 3. The number of amides is 1. The van der Waals surface area contributed by atoms with E-state index in [2.05, 4.69) is 10.3 Å². The molecule has 2 rings (SSSR count). The number of hydrogen-bond donors (Lipinski definition) is 2. The van der Waals surface area contributed by atoms with E-state index in [1.165, 1.54) is 0 Å². The van der Waals surface area contributed by atoms with Gasteiger partial charge in [0.2, 0.25) is 5.91 Å². The molecule has 4 nitrogen and oxygen atoms in total. The number of aromatic nitrogens is 1. The quantitative estimate of drug-likeness (QED) is 0.860. The molecule has 0 unspecified atom stereocenters. The molecule has 0 aliphatic carbocycles. The van der Waals surface area contributed by atoms with E-state index in [4.69, 9.17) is 0 Å². The number of nitrogens with one attached hydrogen (secondary N) is 1. The van der Waals surface area contributed by atoms with E-state index >= 15 is 0 Å². The molecule has 19 heavy (non-hydrogen) atoms. The maximum Gasteiger partial charge on any atom is 0.220 e. The van der Waals surface area contributed by atoms with Crippen LogP contribution in [0.15, 0.2) is 48.8 Å². The number of carbonyl (C=O) groups is 1. The molecule has 0 bridgehead atoms. The normalized spacial score (nSPS) is 10.1. The van der Waals surface area contributed by atoms with Crippen LogP contribution < -0.4 is 5.32 Å². The molecule has 0 saturated heterocycles. The van der Waals surface area contributed by atoms with Crippen molar-refractivity contribution >= 4 is 5.91 Å². The lowest BCUT2D eigenvalue weighted by Gasteiger charge is -2.06. The lowest BCUT2D eigenvalue weighted by Crippen LogP contribution is -2.23. The second kappa shape index (κ2) is 6.54. The first-order valence-electron chi connectivity index (χ1n) is 6.18. The first-order chi connectivity index (χ1) is 9.25. The number of rotatable bonds is 5. The molecule has 0 fully saturated rings. The van der Waals surface area contributed by atoms with Crippen LogP contribution in [0.1, 0.15) is 17.5 Å². The number of phenols is 1. The third kappa shape index (κ3) is 4.10. The largest absolute Gasteiger partial charge is 0.508 e. The minimum atomic E-state index is -0.0351. The number of aryl methyl sites for hydroxylation is 1. The van der Waals surface area contributed by atoms with E-state index in [1.54, 1.807) is 30.6 Å². The zero-order valence-corrected chi connectivity index (χ0v) is 10.5. The van der Waals surface area contributed by atoms with Gasteiger partial charge in [-0.05, 0) is 24.1 Å². The number of phenolic OH excluding ortho intramolecular Hbond substituents is 1. The Hall–Kier alpha value is -2.36. The Bertz CT molecular complexity index is 541. The summed E-state index contributed by atoms with van der Waals surface area (Å²) in [6.45, 7) is 0.346.